The van der Waals surface area contributed by atoms with Crippen LogP contribution in [0.3, 0.4) is 0 Å². The molecule has 1 amide bonds. The molecule has 0 aromatic rings. The number of carbonyl (C=O) groups excluding carboxylic acids is 1. The predicted octanol–water partition coefficient (Wildman–Crippen LogP) is 0.671. The number of rotatable bonds is 1. The number of nitrogens with one attached hydrogen (secondary N) is 1. The maximum absolute atomic E-state index is 11.1. The van der Waals surface area contributed by atoms with Gasteiger partial charge >= 0.3 is 6.09 Å². The zero-order chi connectivity index (χ0) is 9.68. The molecule has 1 rings (SSSR count). The summed E-state index contributed by atoms with van der Waals surface area (Å²) in [5, 5.41) is 3.74. The smallest absolute Gasteiger partial charge is 0.392 e. The molecule has 0 saturated heterocycles. The number of hydrogen-bond donors (Lipinski definition) is 1. The lowest BCUT2D eigenvalue weighted by Gasteiger charge is -2.11. The van der Waals surface area contributed by atoms with Gasteiger partial charge in [-0.2, -0.15) is 5.10 Å². The Hall–Kier alpha value is -1.78. The number of nitrogens with zero attached hydrogens (tertiary/aromatic N) is 2. The molecule has 1 aliphatic rings. The molecule has 0 aromatic heterocycles. The average molecular weight is 181 g/mol. The second kappa shape index (κ2) is 4.30. The third-order valence-corrected chi connectivity index (χ3v) is 1.26. The first kappa shape index (κ1) is 9.31. The van der Waals surface area contributed by atoms with Crippen molar-refractivity contribution in [3.8, 4) is 0 Å². The fraction of sp³-hybridized carbons (Fsp3) is 0.250. The van der Waals surface area contributed by atoms with Gasteiger partial charge in [0.25, 0.3) is 0 Å². The van der Waals surface area contributed by atoms with Crippen LogP contribution in [-0.2, 0) is 4.74 Å². The number of hydrogen-bond acceptors (Lipinski definition) is 4. The van der Waals surface area contributed by atoms with Crippen LogP contribution in [-0.4, -0.2) is 31.3 Å². The highest BCUT2D eigenvalue weighted by Crippen LogP contribution is 1.98. The van der Waals surface area contributed by atoms with Gasteiger partial charge in [0, 0.05) is 26.4 Å². The van der Waals surface area contributed by atoms with Gasteiger partial charge < -0.3 is 9.64 Å². The monoisotopic (exact) mass is 181 g/mol. The Kier molecular flexibility index (Phi) is 3.08. The van der Waals surface area contributed by atoms with E-state index in [1.54, 1.807) is 38.5 Å². The van der Waals surface area contributed by atoms with Gasteiger partial charge in [0.1, 0.15) is 0 Å². The minimum Gasteiger partial charge on any atom is -0.392 e. The van der Waals surface area contributed by atoms with Crippen molar-refractivity contribution in [1.29, 1.82) is 0 Å². The Morgan fingerprint density at radius 2 is 2.31 bits per heavy atom. The highest BCUT2D eigenvalue weighted by atomic mass is 16.6. The van der Waals surface area contributed by atoms with E-state index in [0.717, 1.165) is 0 Å². The molecule has 0 unspecified atom stereocenters. The van der Waals surface area contributed by atoms with E-state index >= 15 is 0 Å². The van der Waals surface area contributed by atoms with E-state index in [0.29, 0.717) is 5.88 Å². The maximum Gasteiger partial charge on any atom is 0.416 e. The first-order valence-corrected chi connectivity index (χ1v) is 3.75. The van der Waals surface area contributed by atoms with E-state index in [9.17, 15) is 4.79 Å². The molecule has 0 aromatic carbocycles. The van der Waals surface area contributed by atoms with Gasteiger partial charge in [0.15, 0.2) is 0 Å². The third kappa shape index (κ3) is 2.98. The van der Waals surface area contributed by atoms with Crippen molar-refractivity contribution in [2.45, 2.75) is 0 Å². The van der Waals surface area contributed by atoms with Crippen molar-refractivity contribution in [3.63, 3.8) is 0 Å². The van der Waals surface area contributed by atoms with Crippen LogP contribution in [0.2, 0.25) is 0 Å². The topological polar surface area (TPSA) is 53.9 Å². The number of hydrazone groups is 1. The first-order valence-electron chi connectivity index (χ1n) is 3.75. The maximum atomic E-state index is 11.1. The summed E-state index contributed by atoms with van der Waals surface area (Å²) < 4.78 is 4.90. The van der Waals surface area contributed by atoms with Crippen molar-refractivity contribution in [3.05, 3.63) is 24.1 Å². The highest BCUT2D eigenvalue weighted by Gasteiger charge is 2.07. The summed E-state index contributed by atoms with van der Waals surface area (Å²) in [5.41, 5.74) is 2.57. The average Bonchev–Trinajstić information content (AvgIpc) is 2.32. The summed E-state index contributed by atoms with van der Waals surface area (Å²) in [6, 6.07) is 0. The molecule has 5 nitrogen and oxygen atoms in total. The van der Waals surface area contributed by atoms with Crippen molar-refractivity contribution < 1.29 is 9.53 Å². The van der Waals surface area contributed by atoms with Gasteiger partial charge in [-0.05, 0) is 6.08 Å². The number of carbonyl (C=O) groups is 1. The summed E-state index contributed by atoms with van der Waals surface area (Å²) in [7, 11) is 3.22. The lowest BCUT2D eigenvalue weighted by molar-refractivity contribution is 0.140. The van der Waals surface area contributed by atoms with Crippen LogP contribution in [0.4, 0.5) is 4.79 Å². The van der Waals surface area contributed by atoms with E-state index in [4.69, 9.17) is 4.74 Å². The second-order valence-corrected chi connectivity index (χ2v) is 2.57. The molecule has 5 heteroatoms. The Labute approximate surface area is 76.4 Å². The Morgan fingerprint density at radius 1 is 1.54 bits per heavy atom. The minimum absolute atomic E-state index is 0.309. The lowest BCUT2D eigenvalue weighted by atomic mass is 10.5. The number of ether oxygens (including phenoxy) is 1. The van der Waals surface area contributed by atoms with Crippen LogP contribution in [0.5, 0.6) is 0 Å². The van der Waals surface area contributed by atoms with Crippen molar-refractivity contribution in [2.24, 2.45) is 5.10 Å². The molecule has 0 radical (unpaired) electrons. The molecule has 1 aliphatic heterocycles. The van der Waals surface area contributed by atoms with Gasteiger partial charge in [-0.15, -0.1) is 0 Å². The molecule has 70 valence electrons. The SMILES string of the molecule is CN(C)C(=O)OC1=CC=CC=NN1. The molecule has 1 N–H and O–H groups in total. The minimum atomic E-state index is -0.441. The van der Waals surface area contributed by atoms with E-state index in [1.165, 1.54) is 4.90 Å². The van der Waals surface area contributed by atoms with Crippen molar-refractivity contribution in [1.82, 2.24) is 10.3 Å². The van der Waals surface area contributed by atoms with Gasteiger partial charge in [-0.1, -0.05) is 6.08 Å². The Morgan fingerprint density at radius 3 is 3.00 bits per heavy atom. The van der Waals surface area contributed by atoms with Gasteiger partial charge in [0.05, 0.1) is 0 Å². The molecule has 13 heavy (non-hydrogen) atoms. The number of amides is 1. The molecular formula is C8H11N3O2. The van der Waals surface area contributed by atoms with E-state index in [1.807, 2.05) is 0 Å². The van der Waals surface area contributed by atoms with Crippen LogP contribution >= 0.6 is 0 Å². The Balaban J connectivity index is 2.54. The van der Waals surface area contributed by atoms with Crippen LogP contribution in [0.1, 0.15) is 0 Å². The molecule has 0 spiro atoms. The van der Waals surface area contributed by atoms with Gasteiger partial charge in [-0.25, -0.2) is 10.2 Å². The predicted molar refractivity (Wildman–Crippen MR) is 49.0 cm³/mol. The quantitative estimate of drug-likeness (QED) is 0.647. The van der Waals surface area contributed by atoms with E-state index < -0.39 is 6.09 Å². The lowest BCUT2D eigenvalue weighted by Crippen LogP contribution is -2.25. The Bertz CT molecular complexity index is 279. The van der Waals surface area contributed by atoms with Gasteiger partial charge in [0.2, 0.25) is 5.88 Å². The molecule has 0 aliphatic carbocycles. The standard InChI is InChI=1S/C8H11N3O2/c1-11(2)8(12)13-7-5-3-4-6-9-10-7/h3-6,10H,1-2H3. The largest absolute Gasteiger partial charge is 0.416 e. The summed E-state index contributed by atoms with van der Waals surface area (Å²) in [6.07, 6.45) is 6.19. The first-order chi connectivity index (χ1) is 6.20. The summed E-state index contributed by atoms with van der Waals surface area (Å²) >= 11 is 0. The van der Waals surface area contributed by atoms with Crippen LogP contribution in [0.15, 0.2) is 29.2 Å². The summed E-state index contributed by atoms with van der Waals surface area (Å²) in [4.78, 5) is 12.4. The van der Waals surface area contributed by atoms with Crippen LogP contribution < -0.4 is 5.43 Å². The van der Waals surface area contributed by atoms with Crippen LogP contribution in [0.25, 0.3) is 0 Å². The molecule has 0 fully saturated rings. The van der Waals surface area contributed by atoms with E-state index in [-0.39, 0.29) is 0 Å². The van der Waals surface area contributed by atoms with Crippen molar-refractivity contribution >= 4 is 12.3 Å². The molecule has 1 heterocycles. The normalized spacial score (nSPS) is 14.2. The molecular weight excluding hydrogens is 170 g/mol. The second-order valence-electron chi connectivity index (χ2n) is 2.57. The number of allylic oxidation sites excluding steroid dienone is 3. The van der Waals surface area contributed by atoms with E-state index in [2.05, 4.69) is 10.5 Å². The van der Waals surface area contributed by atoms with Crippen LogP contribution in [0, 0.1) is 0 Å². The molecule has 0 bridgehead atoms. The van der Waals surface area contributed by atoms with Gasteiger partial charge in [-0.3, -0.25) is 0 Å². The fourth-order valence-electron chi connectivity index (χ4n) is 0.616. The summed E-state index contributed by atoms with van der Waals surface area (Å²) in [6.45, 7) is 0. The zero-order valence-corrected chi connectivity index (χ0v) is 7.52. The van der Waals surface area contributed by atoms with Crippen molar-refractivity contribution in [2.75, 3.05) is 14.1 Å². The summed E-state index contributed by atoms with van der Waals surface area (Å²) in [5.74, 6) is 0.309. The fourth-order valence-corrected chi connectivity index (χ4v) is 0.616. The molecule has 0 atom stereocenters. The molecule has 0 saturated carbocycles. The zero-order valence-electron chi connectivity index (χ0n) is 7.52. The third-order valence-electron chi connectivity index (χ3n) is 1.26. The highest BCUT2D eigenvalue weighted by molar-refractivity contribution is 5.72.